The molecule has 3 aromatic carbocycles. The van der Waals surface area contributed by atoms with Crippen LogP contribution in [0.25, 0.3) is 0 Å². The van der Waals surface area contributed by atoms with Crippen molar-refractivity contribution < 1.29 is 29.0 Å². The molecule has 228 valence electrons. The van der Waals surface area contributed by atoms with Gasteiger partial charge >= 0.3 is 11.9 Å². The smallest absolute Gasteiger partial charge is 0.358 e. The fourth-order valence-corrected chi connectivity index (χ4v) is 5.19. The molecule has 10 nitrogen and oxygen atoms in total. The molecule has 44 heavy (non-hydrogen) atoms. The molecular weight excluding hydrogens is 560 g/mol. The van der Waals surface area contributed by atoms with Crippen LogP contribution < -0.4 is 5.73 Å². The summed E-state index contributed by atoms with van der Waals surface area (Å²) in [6.45, 7) is 2.17. The number of benzene rings is 3. The third-order valence-corrected chi connectivity index (χ3v) is 7.34. The van der Waals surface area contributed by atoms with Crippen molar-refractivity contribution in [3.63, 3.8) is 0 Å². The van der Waals surface area contributed by atoms with E-state index in [1.807, 2.05) is 43.3 Å². The van der Waals surface area contributed by atoms with E-state index < -0.39 is 41.8 Å². The van der Waals surface area contributed by atoms with Gasteiger partial charge in [0.1, 0.15) is 6.04 Å². The second kappa shape index (κ2) is 14.9. The summed E-state index contributed by atoms with van der Waals surface area (Å²) < 4.78 is 6.17. The summed E-state index contributed by atoms with van der Waals surface area (Å²) in [6.07, 6.45) is 1.88. The highest BCUT2D eigenvalue weighted by molar-refractivity contribution is 6.04. The molecule has 0 spiro atoms. The van der Waals surface area contributed by atoms with Crippen LogP contribution in [0.2, 0.25) is 0 Å². The number of hydrogen-bond acceptors (Lipinski definition) is 7. The first-order chi connectivity index (χ1) is 21.2. The summed E-state index contributed by atoms with van der Waals surface area (Å²) in [7, 11) is 1.25. The number of esters is 1. The van der Waals surface area contributed by atoms with Crippen molar-refractivity contribution in [1.29, 1.82) is 0 Å². The van der Waals surface area contributed by atoms with Gasteiger partial charge in [0.2, 0.25) is 11.8 Å². The third-order valence-electron chi connectivity index (χ3n) is 7.34. The number of nitrogens with zero attached hydrogens (tertiary/aromatic N) is 3. The van der Waals surface area contributed by atoms with Crippen LogP contribution in [-0.4, -0.2) is 62.7 Å². The monoisotopic (exact) mass is 596 g/mol. The fourth-order valence-electron chi connectivity index (χ4n) is 5.19. The third kappa shape index (κ3) is 7.84. The van der Waals surface area contributed by atoms with Gasteiger partial charge < -0.3 is 15.6 Å². The van der Waals surface area contributed by atoms with Crippen molar-refractivity contribution in [2.24, 2.45) is 5.73 Å². The Hall–Kier alpha value is -5.09. The maximum absolute atomic E-state index is 14.5. The first-order valence-electron chi connectivity index (χ1n) is 14.3. The topological polar surface area (TPSA) is 145 Å². The Morgan fingerprint density at radius 2 is 1.55 bits per heavy atom. The van der Waals surface area contributed by atoms with Gasteiger partial charge in [-0.3, -0.25) is 19.2 Å². The van der Waals surface area contributed by atoms with E-state index in [1.54, 1.807) is 54.7 Å². The molecule has 1 aromatic heterocycles. The predicted octanol–water partition coefficient (Wildman–Crippen LogP) is 3.97. The highest BCUT2D eigenvalue weighted by atomic mass is 16.5. The van der Waals surface area contributed by atoms with Crippen molar-refractivity contribution in [2.45, 2.75) is 50.7 Å². The van der Waals surface area contributed by atoms with Gasteiger partial charge in [0.05, 0.1) is 19.1 Å². The molecule has 0 fully saturated rings. The highest BCUT2D eigenvalue weighted by Gasteiger charge is 2.40. The summed E-state index contributed by atoms with van der Waals surface area (Å²) in [4.78, 5) is 54.0. The van der Waals surface area contributed by atoms with Crippen molar-refractivity contribution in [3.05, 3.63) is 125 Å². The molecule has 4 rings (SSSR count). The number of aliphatic carboxylic acids is 1. The minimum Gasteiger partial charge on any atom is -0.480 e. The van der Waals surface area contributed by atoms with Crippen molar-refractivity contribution in [3.8, 4) is 0 Å². The number of carbonyl (C=O) groups excluding carboxylic acids is 3. The number of imide groups is 1. The van der Waals surface area contributed by atoms with E-state index in [0.29, 0.717) is 11.1 Å². The van der Waals surface area contributed by atoms with E-state index >= 15 is 0 Å². The zero-order valence-corrected chi connectivity index (χ0v) is 24.7. The second-order valence-electron chi connectivity index (χ2n) is 10.6. The summed E-state index contributed by atoms with van der Waals surface area (Å²) >= 11 is 0. The highest BCUT2D eigenvalue weighted by Crippen LogP contribution is 2.29. The number of nitrogens with two attached hydrogens (primary N) is 1. The van der Waals surface area contributed by atoms with Crippen LogP contribution in [0.5, 0.6) is 0 Å². The Labute approximate surface area is 256 Å². The van der Waals surface area contributed by atoms with E-state index in [0.717, 1.165) is 16.0 Å². The number of methoxy groups -OCH3 is 1. The summed E-state index contributed by atoms with van der Waals surface area (Å²) in [5.41, 5.74) is 9.56. The summed E-state index contributed by atoms with van der Waals surface area (Å²) in [5.74, 6) is -4.31. The van der Waals surface area contributed by atoms with Gasteiger partial charge in [-0.15, -0.1) is 0 Å². The molecule has 0 radical (unpaired) electrons. The molecule has 2 amide bonds. The molecule has 0 aliphatic carbocycles. The van der Waals surface area contributed by atoms with Crippen LogP contribution in [0.4, 0.5) is 0 Å². The largest absolute Gasteiger partial charge is 0.480 e. The Morgan fingerprint density at radius 1 is 0.909 bits per heavy atom. The molecule has 0 saturated carbocycles. The molecule has 3 N–H and O–H groups in total. The van der Waals surface area contributed by atoms with Crippen molar-refractivity contribution in [1.82, 2.24) is 14.7 Å². The van der Waals surface area contributed by atoms with Crippen LogP contribution in [0, 0.1) is 6.92 Å². The number of carbonyl (C=O) groups is 4. The van der Waals surface area contributed by atoms with Gasteiger partial charge in [-0.25, -0.2) is 9.59 Å². The first kappa shape index (κ1) is 31.8. The Morgan fingerprint density at radius 3 is 2.11 bits per heavy atom. The summed E-state index contributed by atoms with van der Waals surface area (Å²) in [5, 5.41) is 14.6. The predicted molar refractivity (Wildman–Crippen MR) is 164 cm³/mol. The van der Waals surface area contributed by atoms with Crippen LogP contribution >= 0.6 is 0 Å². The minimum absolute atomic E-state index is 0.0618. The standard InChI is InChI=1S/C34H36N4O6/c1-23-11-9-12-24(21-23)22-27(35)31(39)38(29(33(41)42)17-10-19-37-20-18-28(36-37)34(43)44-2)32(40)30(25-13-5-3-6-14-25)26-15-7-4-8-16-26/h3-9,11-16,18,20-21,27,29-30H,10,17,19,22,35H2,1-2H3,(H,41,42)/t27-,29?/m0/s1. The number of aromatic nitrogens is 2. The number of carboxylic acid groups (broad SMARTS) is 1. The molecule has 4 aromatic rings. The first-order valence-corrected chi connectivity index (χ1v) is 14.3. The van der Waals surface area contributed by atoms with Crippen LogP contribution in [0.1, 0.15) is 51.5 Å². The van der Waals surface area contributed by atoms with Crippen LogP contribution in [-0.2, 0) is 32.1 Å². The van der Waals surface area contributed by atoms with Crippen molar-refractivity contribution in [2.75, 3.05) is 7.11 Å². The number of aryl methyl sites for hydroxylation is 2. The molecule has 1 unspecified atom stereocenters. The summed E-state index contributed by atoms with van der Waals surface area (Å²) in [6, 6.07) is 24.2. The lowest BCUT2D eigenvalue weighted by atomic mass is 9.89. The number of ether oxygens (including phenoxy) is 1. The lowest BCUT2D eigenvalue weighted by Crippen LogP contribution is -2.56. The number of carboxylic acids is 1. The van der Waals surface area contributed by atoms with Gasteiger partial charge in [-0.2, -0.15) is 5.10 Å². The average molecular weight is 597 g/mol. The van der Waals surface area contributed by atoms with E-state index in [9.17, 15) is 24.3 Å². The van der Waals surface area contributed by atoms with Gasteiger partial charge in [-0.05, 0) is 48.9 Å². The van der Waals surface area contributed by atoms with Gasteiger partial charge in [0.25, 0.3) is 0 Å². The molecular formula is C34H36N4O6. The zero-order chi connectivity index (χ0) is 31.6. The maximum Gasteiger partial charge on any atom is 0.358 e. The second-order valence-corrected chi connectivity index (χ2v) is 10.6. The van der Waals surface area contributed by atoms with E-state index in [4.69, 9.17) is 5.73 Å². The van der Waals surface area contributed by atoms with Crippen LogP contribution in [0.3, 0.4) is 0 Å². The molecule has 0 bridgehead atoms. The minimum atomic E-state index is -1.50. The number of hydrogen-bond donors (Lipinski definition) is 2. The lowest BCUT2D eigenvalue weighted by molar-refractivity contribution is -0.159. The van der Waals surface area contributed by atoms with Crippen LogP contribution in [0.15, 0.2) is 97.2 Å². The SMILES string of the molecule is COC(=O)c1ccn(CCCC(C(=O)O)N(C(=O)C(c2ccccc2)c2ccccc2)C(=O)[C@@H](N)Cc2cccc(C)c2)n1. The quantitative estimate of drug-likeness (QED) is 0.221. The molecule has 0 aliphatic heterocycles. The average Bonchev–Trinajstić information content (AvgIpc) is 3.50. The maximum atomic E-state index is 14.5. The zero-order valence-electron chi connectivity index (χ0n) is 24.7. The Bertz CT molecular complexity index is 1550. The van der Waals surface area contributed by atoms with Gasteiger partial charge in [0.15, 0.2) is 5.69 Å². The van der Waals surface area contributed by atoms with E-state index in [-0.39, 0.29) is 31.5 Å². The molecule has 0 saturated heterocycles. The fraction of sp³-hybridized carbons (Fsp3) is 0.265. The molecule has 10 heteroatoms. The van der Waals surface area contributed by atoms with Gasteiger partial charge in [0, 0.05) is 12.7 Å². The molecule has 2 atom stereocenters. The van der Waals surface area contributed by atoms with Crippen molar-refractivity contribution >= 4 is 23.8 Å². The number of rotatable bonds is 13. The Kier molecular flexibility index (Phi) is 10.8. The lowest BCUT2D eigenvalue weighted by Gasteiger charge is -2.33. The molecule has 0 aliphatic rings. The normalized spacial score (nSPS) is 12.4. The van der Waals surface area contributed by atoms with Gasteiger partial charge in [-0.1, -0.05) is 90.5 Å². The number of amides is 2. The molecule has 1 heterocycles. The van der Waals surface area contributed by atoms with E-state index in [1.165, 1.54) is 17.9 Å². The Balaban J connectivity index is 1.68. The van der Waals surface area contributed by atoms with E-state index in [2.05, 4.69) is 9.84 Å².